The maximum Gasteiger partial charge on any atom is 0.416 e. The summed E-state index contributed by atoms with van der Waals surface area (Å²) in [4.78, 5) is 12.4. The molecule has 0 saturated carbocycles. The van der Waals surface area contributed by atoms with E-state index >= 15 is 0 Å². The first-order valence-electron chi connectivity index (χ1n) is 8.15. The summed E-state index contributed by atoms with van der Waals surface area (Å²) in [5, 5.41) is 2.61. The Balaban J connectivity index is 1.82. The van der Waals surface area contributed by atoms with Gasteiger partial charge in [-0.25, -0.2) is 0 Å². The molecule has 0 fully saturated rings. The molecule has 1 N–H and O–H groups in total. The van der Waals surface area contributed by atoms with Gasteiger partial charge >= 0.3 is 6.18 Å². The largest absolute Gasteiger partial charge is 0.455 e. The molecule has 0 heterocycles. The van der Waals surface area contributed by atoms with Crippen LogP contribution in [0.1, 0.15) is 21.5 Å². The topological polar surface area (TPSA) is 38.3 Å². The van der Waals surface area contributed by atoms with E-state index in [1.165, 1.54) is 12.1 Å². The molecule has 138 valence electrons. The van der Waals surface area contributed by atoms with Gasteiger partial charge in [0.15, 0.2) is 5.75 Å². The van der Waals surface area contributed by atoms with Crippen LogP contribution in [0.25, 0.3) is 0 Å². The van der Waals surface area contributed by atoms with Crippen molar-refractivity contribution >= 4 is 11.6 Å². The fourth-order valence-electron chi connectivity index (χ4n) is 2.42. The van der Waals surface area contributed by atoms with E-state index in [4.69, 9.17) is 4.74 Å². The number of alkyl halides is 3. The molecule has 0 radical (unpaired) electrons. The molecule has 0 bridgehead atoms. The Hall–Kier alpha value is -3.28. The number of amides is 1. The lowest BCUT2D eigenvalue weighted by Gasteiger charge is -2.13. The number of aryl methyl sites for hydroxylation is 1. The summed E-state index contributed by atoms with van der Waals surface area (Å²) in [5.41, 5.74) is 0.475. The number of carbonyl (C=O) groups is 1. The third kappa shape index (κ3) is 4.67. The minimum Gasteiger partial charge on any atom is -0.455 e. The lowest BCUT2D eigenvalue weighted by Crippen LogP contribution is -2.14. The Bertz CT molecular complexity index is 950. The molecule has 0 aromatic heterocycles. The molecule has 0 aliphatic rings. The maximum absolute atomic E-state index is 12.8. The number of rotatable bonds is 4. The highest BCUT2D eigenvalue weighted by Crippen LogP contribution is 2.31. The average Bonchev–Trinajstić information content (AvgIpc) is 2.64. The van der Waals surface area contributed by atoms with Gasteiger partial charge < -0.3 is 10.1 Å². The van der Waals surface area contributed by atoms with Gasteiger partial charge in [-0.1, -0.05) is 35.9 Å². The first-order valence-corrected chi connectivity index (χ1v) is 8.15. The molecule has 0 saturated heterocycles. The van der Waals surface area contributed by atoms with Gasteiger partial charge in [-0.2, -0.15) is 13.2 Å². The van der Waals surface area contributed by atoms with Gasteiger partial charge in [-0.05, 0) is 49.4 Å². The Morgan fingerprint density at radius 3 is 2.33 bits per heavy atom. The molecule has 0 spiro atoms. The Morgan fingerprint density at radius 2 is 1.63 bits per heavy atom. The zero-order valence-electron chi connectivity index (χ0n) is 14.4. The molecule has 27 heavy (non-hydrogen) atoms. The summed E-state index contributed by atoms with van der Waals surface area (Å²) in [5.74, 6) is 0.323. The van der Waals surface area contributed by atoms with Crippen LogP contribution in [0.5, 0.6) is 11.5 Å². The molecule has 0 aliphatic heterocycles. The van der Waals surface area contributed by atoms with Crippen molar-refractivity contribution in [3.63, 3.8) is 0 Å². The van der Waals surface area contributed by atoms with E-state index in [2.05, 4.69) is 5.32 Å². The maximum atomic E-state index is 12.8. The quantitative estimate of drug-likeness (QED) is 0.605. The SMILES string of the molecule is Cc1ccc(Oc2ccccc2NC(=O)c2cccc(C(F)(F)F)c2)cc1. The molecule has 3 aromatic carbocycles. The van der Waals surface area contributed by atoms with Crippen molar-refractivity contribution in [2.45, 2.75) is 13.1 Å². The zero-order valence-corrected chi connectivity index (χ0v) is 14.4. The second kappa shape index (κ2) is 7.53. The van der Waals surface area contributed by atoms with E-state index < -0.39 is 17.6 Å². The number of hydrogen-bond acceptors (Lipinski definition) is 2. The number of anilines is 1. The monoisotopic (exact) mass is 371 g/mol. The Labute approximate surface area is 154 Å². The van der Waals surface area contributed by atoms with Crippen LogP contribution < -0.4 is 10.1 Å². The van der Waals surface area contributed by atoms with Gasteiger partial charge in [0, 0.05) is 5.56 Å². The van der Waals surface area contributed by atoms with Crippen LogP contribution >= 0.6 is 0 Å². The fraction of sp³-hybridized carbons (Fsp3) is 0.0952. The average molecular weight is 371 g/mol. The smallest absolute Gasteiger partial charge is 0.416 e. The first-order chi connectivity index (χ1) is 12.8. The highest BCUT2D eigenvalue weighted by Gasteiger charge is 2.30. The van der Waals surface area contributed by atoms with Gasteiger partial charge in [0.2, 0.25) is 0 Å². The number of hydrogen-bond donors (Lipinski definition) is 1. The van der Waals surface area contributed by atoms with Crippen LogP contribution in [0.3, 0.4) is 0 Å². The molecule has 0 unspecified atom stereocenters. The predicted molar refractivity (Wildman–Crippen MR) is 97.1 cm³/mol. The normalized spacial score (nSPS) is 11.1. The van der Waals surface area contributed by atoms with E-state index in [0.29, 0.717) is 17.2 Å². The number of nitrogens with one attached hydrogen (secondary N) is 1. The summed E-state index contributed by atoms with van der Waals surface area (Å²) in [6.45, 7) is 1.95. The third-order valence-corrected chi connectivity index (χ3v) is 3.84. The molecule has 3 rings (SSSR count). The van der Waals surface area contributed by atoms with Crippen LogP contribution in [0.15, 0.2) is 72.8 Å². The van der Waals surface area contributed by atoms with Crippen molar-refractivity contribution in [3.8, 4) is 11.5 Å². The van der Waals surface area contributed by atoms with Crippen LogP contribution in [0, 0.1) is 6.92 Å². The molecule has 0 atom stereocenters. The number of benzene rings is 3. The predicted octanol–water partition coefficient (Wildman–Crippen LogP) is 6.06. The van der Waals surface area contributed by atoms with Crippen molar-refractivity contribution in [2.75, 3.05) is 5.32 Å². The summed E-state index contributed by atoms with van der Waals surface area (Å²) in [7, 11) is 0. The van der Waals surface area contributed by atoms with Gasteiger partial charge in [-0.3, -0.25) is 4.79 Å². The first kappa shape index (κ1) is 18.5. The van der Waals surface area contributed by atoms with E-state index in [-0.39, 0.29) is 5.56 Å². The summed E-state index contributed by atoms with van der Waals surface area (Å²) >= 11 is 0. The number of ether oxygens (including phenoxy) is 1. The molecule has 6 heteroatoms. The van der Waals surface area contributed by atoms with E-state index in [1.54, 1.807) is 36.4 Å². The standard InChI is InChI=1S/C21H16F3NO2/c1-14-9-11-17(12-10-14)27-19-8-3-2-7-18(19)25-20(26)15-5-4-6-16(13-15)21(22,23)24/h2-13H,1H3,(H,25,26). The highest BCUT2D eigenvalue weighted by molar-refractivity contribution is 6.05. The van der Waals surface area contributed by atoms with Crippen LogP contribution in [0.2, 0.25) is 0 Å². The second-order valence-corrected chi connectivity index (χ2v) is 5.94. The molecule has 1 amide bonds. The van der Waals surface area contributed by atoms with Crippen molar-refractivity contribution < 1.29 is 22.7 Å². The van der Waals surface area contributed by atoms with E-state index in [0.717, 1.165) is 17.7 Å². The summed E-state index contributed by atoms with van der Waals surface area (Å²) in [6, 6.07) is 18.4. The van der Waals surface area contributed by atoms with Crippen molar-refractivity contribution in [1.29, 1.82) is 0 Å². The minimum absolute atomic E-state index is 0.0880. The minimum atomic E-state index is -4.51. The zero-order chi connectivity index (χ0) is 19.4. The van der Waals surface area contributed by atoms with Gasteiger partial charge in [-0.15, -0.1) is 0 Å². The lowest BCUT2D eigenvalue weighted by atomic mass is 10.1. The highest BCUT2D eigenvalue weighted by atomic mass is 19.4. The van der Waals surface area contributed by atoms with Crippen molar-refractivity contribution in [3.05, 3.63) is 89.5 Å². The molecule has 3 aromatic rings. The van der Waals surface area contributed by atoms with Gasteiger partial charge in [0.1, 0.15) is 5.75 Å². The molecular weight excluding hydrogens is 355 g/mol. The summed E-state index contributed by atoms with van der Waals surface area (Å²) in [6.07, 6.45) is -4.51. The number of halogens is 3. The Morgan fingerprint density at radius 1 is 0.926 bits per heavy atom. The van der Waals surface area contributed by atoms with Crippen LogP contribution in [-0.2, 0) is 6.18 Å². The van der Waals surface area contributed by atoms with Crippen molar-refractivity contribution in [1.82, 2.24) is 0 Å². The second-order valence-electron chi connectivity index (χ2n) is 5.94. The van der Waals surface area contributed by atoms with E-state index in [9.17, 15) is 18.0 Å². The lowest BCUT2D eigenvalue weighted by molar-refractivity contribution is -0.137. The van der Waals surface area contributed by atoms with Crippen LogP contribution in [0.4, 0.5) is 18.9 Å². The molecular formula is C21H16F3NO2. The summed E-state index contributed by atoms with van der Waals surface area (Å²) < 4.78 is 44.3. The molecule has 3 nitrogen and oxygen atoms in total. The number of para-hydroxylation sites is 2. The van der Waals surface area contributed by atoms with Crippen molar-refractivity contribution in [2.24, 2.45) is 0 Å². The van der Waals surface area contributed by atoms with Gasteiger partial charge in [0.25, 0.3) is 5.91 Å². The molecule has 0 aliphatic carbocycles. The Kier molecular flexibility index (Phi) is 5.16. The fourth-order valence-corrected chi connectivity index (χ4v) is 2.42. The van der Waals surface area contributed by atoms with E-state index in [1.807, 2.05) is 19.1 Å². The van der Waals surface area contributed by atoms with Crippen LogP contribution in [-0.4, -0.2) is 5.91 Å². The number of carbonyl (C=O) groups excluding carboxylic acids is 1. The third-order valence-electron chi connectivity index (χ3n) is 3.84. The van der Waals surface area contributed by atoms with Gasteiger partial charge in [0.05, 0.1) is 11.3 Å².